The van der Waals surface area contributed by atoms with Crippen molar-refractivity contribution in [2.75, 3.05) is 40.4 Å². The fourth-order valence-electron chi connectivity index (χ4n) is 2.34. The van der Waals surface area contributed by atoms with Gasteiger partial charge in [-0.1, -0.05) is 0 Å². The predicted octanol–water partition coefficient (Wildman–Crippen LogP) is 0.474. The number of amides is 2. The number of benzene rings is 1. The molecule has 1 aliphatic heterocycles. The molecule has 2 rings (SSSR count). The standard InChI is InChI=1S/C15H19N3O6.HNO3/c1-16(2)6-3-8-23-11-4-5-12-13(10-11)15(20)17(14(12)19)7-9-24-18(21)22;2-1(3)4/h4-5,10H,3,6-9H2,1-2H3;(H,2,3,4). The van der Waals surface area contributed by atoms with Crippen LogP contribution in [-0.4, -0.2) is 77.4 Å². The van der Waals surface area contributed by atoms with E-state index in [1.165, 1.54) is 12.1 Å². The van der Waals surface area contributed by atoms with Gasteiger partial charge in [-0.3, -0.25) is 14.5 Å². The minimum absolute atomic E-state index is 0.174. The van der Waals surface area contributed by atoms with E-state index in [1.54, 1.807) is 6.07 Å². The Morgan fingerprint density at radius 1 is 1.11 bits per heavy atom. The summed E-state index contributed by atoms with van der Waals surface area (Å²) >= 11 is 0. The van der Waals surface area contributed by atoms with Crippen LogP contribution in [0.5, 0.6) is 5.75 Å². The average Bonchev–Trinajstić information content (AvgIpc) is 2.82. The lowest BCUT2D eigenvalue weighted by molar-refractivity contribution is -0.757. The number of rotatable bonds is 9. The molecule has 2 amide bonds. The second-order valence-electron chi connectivity index (χ2n) is 5.77. The Morgan fingerprint density at radius 2 is 1.71 bits per heavy atom. The molecular formula is C15H20N4O9. The number of carbonyl (C=O) groups is 2. The van der Waals surface area contributed by atoms with E-state index in [1.807, 2.05) is 19.0 Å². The Labute approximate surface area is 159 Å². The average molecular weight is 400 g/mol. The van der Waals surface area contributed by atoms with Crippen molar-refractivity contribution in [3.8, 4) is 5.75 Å². The molecule has 1 aliphatic rings. The van der Waals surface area contributed by atoms with Gasteiger partial charge in [0.15, 0.2) is 0 Å². The fourth-order valence-corrected chi connectivity index (χ4v) is 2.34. The fraction of sp³-hybridized carbons (Fsp3) is 0.467. The number of ether oxygens (including phenoxy) is 1. The molecule has 0 aromatic heterocycles. The molecule has 154 valence electrons. The summed E-state index contributed by atoms with van der Waals surface area (Å²) in [5, 5.41) is 22.8. The summed E-state index contributed by atoms with van der Waals surface area (Å²) in [5.41, 5.74) is 0.507. The maximum atomic E-state index is 12.3. The Balaban J connectivity index is 0.000000892. The van der Waals surface area contributed by atoms with Crippen LogP contribution < -0.4 is 4.74 Å². The van der Waals surface area contributed by atoms with Gasteiger partial charge in [-0.05, 0) is 38.7 Å². The third kappa shape index (κ3) is 7.03. The first-order valence-electron chi connectivity index (χ1n) is 8.01. The summed E-state index contributed by atoms with van der Waals surface area (Å²) in [4.78, 5) is 50.1. The first kappa shape index (κ1) is 22.6. The second kappa shape index (κ2) is 10.6. The molecule has 0 saturated carbocycles. The molecule has 0 spiro atoms. The normalized spacial score (nSPS) is 12.3. The molecule has 0 bridgehead atoms. The number of nitrogens with zero attached hydrogens (tertiary/aromatic N) is 4. The Hall–Kier alpha value is -3.48. The molecule has 1 aromatic carbocycles. The first-order valence-corrected chi connectivity index (χ1v) is 8.01. The van der Waals surface area contributed by atoms with Crippen LogP contribution in [0.2, 0.25) is 0 Å². The van der Waals surface area contributed by atoms with Crippen molar-refractivity contribution in [2.24, 2.45) is 0 Å². The smallest absolute Gasteiger partial charge is 0.294 e. The Kier molecular flexibility index (Phi) is 8.55. The highest BCUT2D eigenvalue weighted by Gasteiger charge is 2.35. The van der Waals surface area contributed by atoms with Crippen molar-refractivity contribution < 1.29 is 34.5 Å². The number of imide groups is 1. The molecule has 0 fully saturated rings. The molecule has 0 atom stereocenters. The van der Waals surface area contributed by atoms with Crippen molar-refractivity contribution >= 4 is 11.8 Å². The van der Waals surface area contributed by atoms with E-state index in [2.05, 4.69) is 4.84 Å². The largest absolute Gasteiger partial charge is 0.494 e. The van der Waals surface area contributed by atoms with Crippen LogP contribution in [0.4, 0.5) is 0 Å². The van der Waals surface area contributed by atoms with E-state index < -0.39 is 22.0 Å². The van der Waals surface area contributed by atoms with Gasteiger partial charge in [0, 0.05) is 6.54 Å². The van der Waals surface area contributed by atoms with Gasteiger partial charge < -0.3 is 19.7 Å². The van der Waals surface area contributed by atoms with E-state index in [9.17, 15) is 19.7 Å². The minimum atomic E-state index is -1.50. The molecule has 13 heteroatoms. The SMILES string of the molecule is CN(C)CCCOc1ccc2c(c1)C(=O)N(CCO[N+](=O)[O-])C2=O.O=[N+]([O-])O. The van der Waals surface area contributed by atoms with Gasteiger partial charge in [-0.2, -0.15) is 0 Å². The maximum Gasteiger partial charge on any atom is 0.294 e. The molecule has 13 nitrogen and oxygen atoms in total. The summed E-state index contributed by atoms with van der Waals surface area (Å²) in [6, 6.07) is 4.70. The van der Waals surface area contributed by atoms with Gasteiger partial charge >= 0.3 is 0 Å². The van der Waals surface area contributed by atoms with Crippen LogP contribution in [0.3, 0.4) is 0 Å². The third-order valence-electron chi connectivity index (χ3n) is 3.47. The Bertz CT molecular complexity index is 734. The van der Waals surface area contributed by atoms with Crippen LogP contribution in [0.15, 0.2) is 18.2 Å². The van der Waals surface area contributed by atoms with E-state index in [0.717, 1.165) is 17.9 Å². The van der Waals surface area contributed by atoms with Crippen molar-refractivity contribution in [2.45, 2.75) is 6.42 Å². The topological polar surface area (TPSA) is 166 Å². The number of hydrogen-bond donors (Lipinski definition) is 1. The van der Waals surface area contributed by atoms with Gasteiger partial charge in [-0.15, -0.1) is 20.2 Å². The summed E-state index contributed by atoms with van der Waals surface area (Å²) in [6.07, 6.45) is 0.835. The molecule has 0 saturated heterocycles. The number of hydrogen-bond acceptors (Lipinski definition) is 9. The van der Waals surface area contributed by atoms with Crippen molar-refractivity contribution in [3.63, 3.8) is 0 Å². The predicted molar refractivity (Wildman–Crippen MR) is 92.2 cm³/mol. The molecule has 0 aliphatic carbocycles. The van der Waals surface area contributed by atoms with Gasteiger partial charge in [-0.25, -0.2) is 0 Å². The van der Waals surface area contributed by atoms with Crippen LogP contribution in [0, 0.1) is 20.2 Å². The summed E-state index contributed by atoms with van der Waals surface area (Å²) in [7, 11) is 3.94. The second-order valence-corrected chi connectivity index (χ2v) is 5.77. The number of carbonyl (C=O) groups excluding carboxylic acids is 2. The maximum absolute atomic E-state index is 12.3. The summed E-state index contributed by atoms with van der Waals surface area (Å²) in [6.45, 7) is 0.852. The monoisotopic (exact) mass is 400 g/mol. The minimum Gasteiger partial charge on any atom is -0.494 e. The highest BCUT2D eigenvalue weighted by molar-refractivity contribution is 6.21. The molecule has 1 aromatic rings. The summed E-state index contributed by atoms with van der Waals surface area (Å²) < 4.78 is 5.59. The van der Waals surface area contributed by atoms with Gasteiger partial charge in [0.25, 0.3) is 22.0 Å². The van der Waals surface area contributed by atoms with Gasteiger partial charge in [0.2, 0.25) is 0 Å². The first-order chi connectivity index (χ1) is 13.1. The molecule has 0 radical (unpaired) electrons. The van der Waals surface area contributed by atoms with Crippen LogP contribution >= 0.6 is 0 Å². The molecular weight excluding hydrogens is 380 g/mol. The van der Waals surface area contributed by atoms with E-state index in [4.69, 9.17) is 20.1 Å². The van der Waals surface area contributed by atoms with Crippen LogP contribution in [0.1, 0.15) is 27.1 Å². The van der Waals surface area contributed by atoms with E-state index in [0.29, 0.717) is 12.4 Å². The zero-order valence-electron chi connectivity index (χ0n) is 15.3. The van der Waals surface area contributed by atoms with Gasteiger partial charge in [0.1, 0.15) is 12.4 Å². The highest BCUT2D eigenvalue weighted by Crippen LogP contribution is 2.26. The van der Waals surface area contributed by atoms with Crippen LogP contribution in [0.25, 0.3) is 0 Å². The lowest BCUT2D eigenvalue weighted by Crippen LogP contribution is -2.33. The highest BCUT2D eigenvalue weighted by atomic mass is 16.9. The molecule has 1 heterocycles. The van der Waals surface area contributed by atoms with E-state index in [-0.39, 0.29) is 24.3 Å². The third-order valence-corrected chi connectivity index (χ3v) is 3.47. The van der Waals surface area contributed by atoms with Gasteiger partial charge in [0.05, 0.1) is 24.3 Å². The lowest BCUT2D eigenvalue weighted by atomic mass is 10.1. The molecule has 28 heavy (non-hydrogen) atoms. The van der Waals surface area contributed by atoms with Crippen molar-refractivity contribution in [1.82, 2.24) is 9.80 Å². The quantitative estimate of drug-likeness (QED) is 0.266. The Morgan fingerprint density at radius 3 is 2.29 bits per heavy atom. The molecule has 1 N–H and O–H groups in total. The summed E-state index contributed by atoms with van der Waals surface area (Å²) in [5.74, 6) is -0.473. The zero-order chi connectivity index (χ0) is 21.3. The van der Waals surface area contributed by atoms with E-state index >= 15 is 0 Å². The van der Waals surface area contributed by atoms with Crippen molar-refractivity contribution in [1.29, 1.82) is 0 Å². The zero-order valence-corrected chi connectivity index (χ0v) is 15.3. The lowest BCUT2D eigenvalue weighted by Gasteiger charge is -2.12. The molecule has 0 unspecified atom stereocenters. The number of fused-ring (bicyclic) bond motifs is 1. The van der Waals surface area contributed by atoms with Crippen molar-refractivity contribution in [3.05, 3.63) is 49.6 Å². The van der Waals surface area contributed by atoms with Crippen LogP contribution in [-0.2, 0) is 4.84 Å².